The zero-order valence-corrected chi connectivity index (χ0v) is 13.2. The van der Waals surface area contributed by atoms with Gasteiger partial charge >= 0.3 is 0 Å². The lowest BCUT2D eigenvalue weighted by molar-refractivity contribution is 0.212. The third-order valence-corrected chi connectivity index (χ3v) is 4.06. The van der Waals surface area contributed by atoms with Gasteiger partial charge in [-0.25, -0.2) is 0 Å². The Hall–Kier alpha value is -2.08. The fourth-order valence-corrected chi connectivity index (χ4v) is 3.03. The molecule has 0 amide bonds. The van der Waals surface area contributed by atoms with E-state index in [4.69, 9.17) is 14.0 Å². The first kappa shape index (κ1) is 14.8. The molecule has 0 radical (unpaired) electrons. The SMILES string of the molecule is COc1ccc([C@H]2CCCN2Cc2nc(C)no2)cc1OC. The van der Waals surface area contributed by atoms with Gasteiger partial charge in [-0.15, -0.1) is 0 Å². The van der Waals surface area contributed by atoms with Gasteiger partial charge in [0.2, 0.25) is 5.89 Å². The Labute approximate surface area is 130 Å². The molecule has 1 aliphatic heterocycles. The van der Waals surface area contributed by atoms with Crippen molar-refractivity contribution in [2.75, 3.05) is 20.8 Å². The number of aryl methyl sites for hydroxylation is 1. The Kier molecular flexibility index (Phi) is 4.29. The molecular weight excluding hydrogens is 282 g/mol. The molecule has 118 valence electrons. The van der Waals surface area contributed by atoms with Crippen molar-refractivity contribution >= 4 is 0 Å². The average Bonchev–Trinajstić information content (AvgIpc) is 3.16. The van der Waals surface area contributed by atoms with E-state index in [9.17, 15) is 0 Å². The predicted octanol–water partition coefficient (Wildman–Crippen LogP) is 2.73. The van der Waals surface area contributed by atoms with Crippen LogP contribution in [0.15, 0.2) is 22.7 Å². The number of ether oxygens (including phenoxy) is 2. The van der Waals surface area contributed by atoms with Crippen LogP contribution >= 0.6 is 0 Å². The molecule has 0 aliphatic carbocycles. The summed E-state index contributed by atoms with van der Waals surface area (Å²) in [6.45, 7) is 3.54. The van der Waals surface area contributed by atoms with Crippen LogP contribution in [0.2, 0.25) is 0 Å². The summed E-state index contributed by atoms with van der Waals surface area (Å²) in [6, 6.07) is 6.46. The van der Waals surface area contributed by atoms with Crippen LogP contribution in [0.3, 0.4) is 0 Å². The fourth-order valence-electron chi connectivity index (χ4n) is 3.03. The van der Waals surface area contributed by atoms with Crippen LogP contribution in [0, 0.1) is 6.92 Å². The molecule has 1 aromatic carbocycles. The van der Waals surface area contributed by atoms with Gasteiger partial charge in [0, 0.05) is 6.04 Å². The Bertz CT molecular complexity index is 641. The highest BCUT2D eigenvalue weighted by atomic mass is 16.5. The highest BCUT2D eigenvalue weighted by Gasteiger charge is 2.28. The van der Waals surface area contributed by atoms with E-state index in [0.29, 0.717) is 24.3 Å². The van der Waals surface area contributed by atoms with Gasteiger partial charge in [-0.1, -0.05) is 11.2 Å². The molecule has 2 aromatic rings. The van der Waals surface area contributed by atoms with Crippen LogP contribution in [0.25, 0.3) is 0 Å². The number of aromatic nitrogens is 2. The number of hydrogen-bond acceptors (Lipinski definition) is 6. The average molecular weight is 303 g/mol. The van der Waals surface area contributed by atoms with Crippen LogP contribution < -0.4 is 9.47 Å². The third-order valence-electron chi connectivity index (χ3n) is 4.06. The van der Waals surface area contributed by atoms with E-state index in [-0.39, 0.29) is 0 Å². The van der Waals surface area contributed by atoms with E-state index in [1.165, 1.54) is 5.56 Å². The molecule has 1 fully saturated rings. The maximum absolute atomic E-state index is 5.41. The molecule has 1 atom stereocenters. The first-order chi connectivity index (χ1) is 10.7. The molecule has 1 aliphatic rings. The Balaban J connectivity index is 1.80. The van der Waals surface area contributed by atoms with Crippen LogP contribution in [0.4, 0.5) is 0 Å². The predicted molar refractivity (Wildman–Crippen MR) is 81.0 cm³/mol. The van der Waals surface area contributed by atoms with E-state index < -0.39 is 0 Å². The summed E-state index contributed by atoms with van der Waals surface area (Å²) in [6.07, 6.45) is 2.27. The van der Waals surface area contributed by atoms with Crippen molar-refractivity contribution in [1.29, 1.82) is 0 Å². The lowest BCUT2D eigenvalue weighted by Crippen LogP contribution is -2.23. The van der Waals surface area contributed by atoms with Crippen LogP contribution in [-0.4, -0.2) is 35.8 Å². The van der Waals surface area contributed by atoms with Crippen LogP contribution in [0.5, 0.6) is 11.5 Å². The summed E-state index contributed by atoms with van der Waals surface area (Å²) in [5.74, 6) is 2.87. The van der Waals surface area contributed by atoms with E-state index in [2.05, 4.69) is 27.2 Å². The second kappa shape index (κ2) is 6.36. The fraction of sp³-hybridized carbons (Fsp3) is 0.500. The smallest absolute Gasteiger partial charge is 0.240 e. The van der Waals surface area contributed by atoms with Gasteiger partial charge in [0.15, 0.2) is 17.3 Å². The number of rotatable bonds is 5. The van der Waals surface area contributed by atoms with Gasteiger partial charge in [-0.2, -0.15) is 4.98 Å². The third kappa shape index (κ3) is 2.92. The molecule has 6 heteroatoms. The normalized spacial score (nSPS) is 18.6. The van der Waals surface area contributed by atoms with Crippen molar-refractivity contribution in [3.8, 4) is 11.5 Å². The number of benzene rings is 1. The van der Waals surface area contributed by atoms with Crippen molar-refractivity contribution in [1.82, 2.24) is 15.0 Å². The second-order valence-corrected chi connectivity index (χ2v) is 5.48. The summed E-state index contributed by atoms with van der Waals surface area (Å²) >= 11 is 0. The monoisotopic (exact) mass is 303 g/mol. The molecule has 22 heavy (non-hydrogen) atoms. The Morgan fingerprint density at radius 2 is 2.09 bits per heavy atom. The van der Waals surface area contributed by atoms with E-state index in [1.54, 1.807) is 14.2 Å². The van der Waals surface area contributed by atoms with Crippen molar-refractivity contribution in [3.63, 3.8) is 0 Å². The van der Waals surface area contributed by atoms with E-state index in [1.807, 2.05) is 13.0 Å². The summed E-state index contributed by atoms with van der Waals surface area (Å²) in [4.78, 5) is 6.67. The molecular formula is C16H21N3O3. The molecule has 1 saturated heterocycles. The standard InChI is InChI=1S/C16H21N3O3/c1-11-17-16(22-18-11)10-19-8-4-5-13(19)12-6-7-14(20-2)15(9-12)21-3/h6-7,9,13H,4-5,8,10H2,1-3H3/t13-/m1/s1. The van der Waals surface area contributed by atoms with Gasteiger partial charge in [0.25, 0.3) is 0 Å². The maximum Gasteiger partial charge on any atom is 0.240 e. The first-order valence-electron chi connectivity index (χ1n) is 7.46. The molecule has 6 nitrogen and oxygen atoms in total. The topological polar surface area (TPSA) is 60.6 Å². The lowest BCUT2D eigenvalue weighted by atomic mass is 10.0. The number of nitrogens with zero attached hydrogens (tertiary/aromatic N) is 3. The second-order valence-electron chi connectivity index (χ2n) is 5.48. The van der Waals surface area contributed by atoms with Crippen molar-refractivity contribution in [3.05, 3.63) is 35.5 Å². The molecule has 2 heterocycles. The molecule has 3 rings (SSSR count). The van der Waals surface area contributed by atoms with Gasteiger partial charge in [-0.3, -0.25) is 4.90 Å². The Morgan fingerprint density at radius 3 is 2.77 bits per heavy atom. The largest absolute Gasteiger partial charge is 0.493 e. The van der Waals surface area contributed by atoms with E-state index in [0.717, 1.165) is 30.9 Å². The zero-order chi connectivity index (χ0) is 15.5. The van der Waals surface area contributed by atoms with Crippen LogP contribution in [0.1, 0.15) is 36.2 Å². The molecule has 0 N–H and O–H groups in total. The van der Waals surface area contributed by atoms with Gasteiger partial charge in [0.1, 0.15) is 0 Å². The first-order valence-corrected chi connectivity index (χ1v) is 7.46. The maximum atomic E-state index is 5.41. The number of hydrogen-bond donors (Lipinski definition) is 0. The molecule has 1 aromatic heterocycles. The minimum absolute atomic E-state index is 0.340. The van der Waals surface area contributed by atoms with Gasteiger partial charge in [0.05, 0.1) is 20.8 Å². The van der Waals surface area contributed by atoms with Crippen LogP contribution in [-0.2, 0) is 6.54 Å². The minimum Gasteiger partial charge on any atom is -0.493 e. The van der Waals surface area contributed by atoms with E-state index >= 15 is 0 Å². The van der Waals surface area contributed by atoms with Crippen molar-refractivity contribution < 1.29 is 14.0 Å². The molecule has 0 spiro atoms. The lowest BCUT2D eigenvalue weighted by Gasteiger charge is -2.23. The highest BCUT2D eigenvalue weighted by molar-refractivity contribution is 5.44. The summed E-state index contributed by atoms with van der Waals surface area (Å²) in [5.41, 5.74) is 1.23. The van der Waals surface area contributed by atoms with Crippen molar-refractivity contribution in [2.45, 2.75) is 32.4 Å². The number of likely N-dealkylation sites (tertiary alicyclic amines) is 1. The summed E-state index contributed by atoms with van der Waals surface area (Å²) in [7, 11) is 3.31. The van der Waals surface area contributed by atoms with Crippen molar-refractivity contribution in [2.24, 2.45) is 0 Å². The van der Waals surface area contributed by atoms with Gasteiger partial charge < -0.3 is 14.0 Å². The molecule has 0 saturated carbocycles. The highest BCUT2D eigenvalue weighted by Crippen LogP contribution is 2.37. The van der Waals surface area contributed by atoms with Gasteiger partial charge in [-0.05, 0) is 44.0 Å². The molecule has 0 unspecified atom stereocenters. The minimum atomic E-state index is 0.340. The summed E-state index contributed by atoms with van der Waals surface area (Å²) in [5, 5.41) is 3.86. The zero-order valence-electron chi connectivity index (χ0n) is 13.2. The Morgan fingerprint density at radius 1 is 1.27 bits per heavy atom. The quantitative estimate of drug-likeness (QED) is 0.846. The molecule has 0 bridgehead atoms. The summed E-state index contributed by atoms with van der Waals surface area (Å²) < 4.78 is 16.0. The number of methoxy groups -OCH3 is 2.